The summed E-state index contributed by atoms with van der Waals surface area (Å²) in [6.07, 6.45) is 10.8. The lowest BCUT2D eigenvalue weighted by molar-refractivity contribution is 0.623. The number of alkyl halides is 2. The monoisotopic (exact) mass is 310 g/mol. The highest BCUT2D eigenvalue weighted by Gasteiger charge is 1.99. The summed E-state index contributed by atoms with van der Waals surface area (Å²) in [5.74, 6) is 0. The van der Waals surface area contributed by atoms with E-state index in [1.807, 2.05) is 0 Å². The van der Waals surface area contributed by atoms with Crippen molar-refractivity contribution in [3.05, 3.63) is 11.3 Å². The van der Waals surface area contributed by atoms with Crippen LogP contribution in [-0.2, 0) is 0 Å². The Labute approximate surface area is 122 Å². The van der Waals surface area contributed by atoms with Crippen LogP contribution in [0.5, 0.6) is 0 Å². The minimum Gasteiger partial charge on any atom is -0.110 e. The molecule has 0 spiro atoms. The Morgan fingerprint density at radius 2 is 1.53 bits per heavy atom. The van der Waals surface area contributed by atoms with Crippen molar-refractivity contribution < 1.29 is 0 Å². The maximum atomic E-state index is 5.74. The fourth-order valence-corrected chi connectivity index (χ4v) is 5.23. The van der Waals surface area contributed by atoms with Crippen molar-refractivity contribution in [1.29, 1.82) is 0 Å². The van der Waals surface area contributed by atoms with Gasteiger partial charge in [-0.3, -0.25) is 0 Å². The Hall–Kier alpha value is 0.754. The third-order valence-electron chi connectivity index (χ3n) is 3.24. The van der Waals surface area contributed by atoms with E-state index in [9.17, 15) is 0 Å². The van der Waals surface area contributed by atoms with Gasteiger partial charge in [0.05, 0.1) is 14.0 Å². The molecule has 0 atom stereocenters. The van der Waals surface area contributed by atoms with Crippen LogP contribution >= 0.6 is 23.2 Å². The molecule has 0 saturated carbocycles. The topological polar surface area (TPSA) is 0 Å². The van der Waals surface area contributed by atoms with Crippen molar-refractivity contribution in [2.75, 3.05) is 0 Å². The smallest absolute Gasteiger partial charge is 0.0908 e. The largest absolute Gasteiger partial charge is 0.110 e. The van der Waals surface area contributed by atoms with Gasteiger partial charge in [0.1, 0.15) is 0 Å². The molecule has 0 heterocycles. The molecule has 0 aromatic heterocycles. The summed E-state index contributed by atoms with van der Waals surface area (Å²) in [4.78, 5) is 0. The van der Waals surface area contributed by atoms with Gasteiger partial charge in [0.15, 0.2) is 0 Å². The van der Waals surface area contributed by atoms with E-state index < -0.39 is 0 Å². The van der Waals surface area contributed by atoms with E-state index in [4.69, 9.17) is 23.2 Å². The van der Waals surface area contributed by atoms with Crippen molar-refractivity contribution >= 4 is 42.2 Å². The first-order chi connectivity index (χ1) is 8.16. The number of allylic oxidation sites excluding steroid dienone is 2. The molecule has 0 N–H and O–H groups in total. The highest BCUT2D eigenvalue weighted by atomic mass is 35.5. The Kier molecular flexibility index (Phi) is 13.8. The second kappa shape index (κ2) is 13.2. The fraction of sp³-hybridized carbons (Fsp3) is 0.846. The van der Waals surface area contributed by atoms with E-state index in [-0.39, 0.29) is 23.5 Å². The maximum absolute atomic E-state index is 5.74. The molecule has 0 aliphatic carbocycles. The van der Waals surface area contributed by atoms with Crippen LogP contribution in [0.4, 0.5) is 0 Å². The van der Waals surface area contributed by atoms with Crippen LogP contribution in [0.2, 0.25) is 12.1 Å². The molecule has 0 aromatic carbocycles. The van der Waals surface area contributed by atoms with Crippen molar-refractivity contribution in [2.45, 2.75) is 68.9 Å². The third-order valence-corrected chi connectivity index (χ3v) is 7.94. The zero-order chi connectivity index (χ0) is 12.9. The summed E-state index contributed by atoms with van der Waals surface area (Å²) >= 11 is 11.5. The van der Waals surface area contributed by atoms with Crippen LogP contribution < -0.4 is 0 Å². The van der Waals surface area contributed by atoms with Gasteiger partial charge in [0, 0.05) is 9.52 Å². The standard InChI is InChI=1S/C13H28Cl2Si2/c1-3-12(2)16-10-8-6-4-5-7-9-11-17-13(14)15/h3,13H,4-11,16-17H2,1-2H3. The first-order valence-electron chi connectivity index (χ1n) is 7.06. The molecule has 0 aromatic rings. The molecule has 0 unspecified atom stereocenters. The lowest BCUT2D eigenvalue weighted by Crippen LogP contribution is -1.99. The van der Waals surface area contributed by atoms with Gasteiger partial charge in [-0.25, -0.2) is 0 Å². The van der Waals surface area contributed by atoms with E-state index in [1.165, 1.54) is 50.6 Å². The molecule has 0 rings (SSSR count). The average molecular weight is 311 g/mol. The second-order valence-corrected chi connectivity index (χ2v) is 11.6. The molecule has 4 heteroatoms. The van der Waals surface area contributed by atoms with Gasteiger partial charge in [-0.1, -0.05) is 61.9 Å². The minimum atomic E-state index is -0.183. The summed E-state index contributed by atoms with van der Waals surface area (Å²) < 4.78 is -0.0187. The van der Waals surface area contributed by atoms with E-state index in [1.54, 1.807) is 5.20 Å². The van der Waals surface area contributed by atoms with Crippen LogP contribution in [0.25, 0.3) is 0 Å². The third kappa shape index (κ3) is 14.7. The predicted octanol–water partition coefficient (Wildman–Crippen LogP) is 4.19. The van der Waals surface area contributed by atoms with E-state index in [2.05, 4.69) is 19.9 Å². The molecular formula is C13H28Cl2Si2. The Balaban J connectivity index is 3.04. The Bertz CT molecular complexity index is 194. The molecule has 0 fully saturated rings. The van der Waals surface area contributed by atoms with Gasteiger partial charge in [-0.2, -0.15) is 0 Å². The second-order valence-electron chi connectivity index (χ2n) is 4.89. The number of hydrogen-bond donors (Lipinski definition) is 0. The zero-order valence-corrected chi connectivity index (χ0v) is 15.8. The van der Waals surface area contributed by atoms with Gasteiger partial charge in [0.2, 0.25) is 0 Å². The van der Waals surface area contributed by atoms with Gasteiger partial charge in [-0.05, 0) is 13.8 Å². The van der Waals surface area contributed by atoms with Gasteiger partial charge < -0.3 is 0 Å². The molecule has 0 aliphatic heterocycles. The van der Waals surface area contributed by atoms with E-state index in [0.29, 0.717) is 0 Å². The quantitative estimate of drug-likeness (QED) is 0.305. The lowest BCUT2D eigenvalue weighted by Gasteiger charge is -2.03. The van der Waals surface area contributed by atoms with Gasteiger partial charge in [0.25, 0.3) is 0 Å². The van der Waals surface area contributed by atoms with E-state index >= 15 is 0 Å². The highest BCUT2D eigenvalue weighted by molar-refractivity contribution is 6.68. The Morgan fingerprint density at radius 3 is 2.06 bits per heavy atom. The van der Waals surface area contributed by atoms with Crippen LogP contribution in [0, 0.1) is 0 Å². The first kappa shape index (κ1) is 17.8. The van der Waals surface area contributed by atoms with Crippen molar-refractivity contribution in [2.24, 2.45) is 0 Å². The number of unbranched alkanes of at least 4 members (excludes halogenated alkanes) is 5. The summed E-state index contributed by atoms with van der Waals surface area (Å²) in [5, 5.41) is 1.67. The summed E-state index contributed by atoms with van der Waals surface area (Å²) in [6, 6.07) is 2.83. The summed E-state index contributed by atoms with van der Waals surface area (Å²) in [6.45, 7) is 4.45. The van der Waals surface area contributed by atoms with Crippen LogP contribution in [-0.4, -0.2) is 23.5 Å². The number of halogens is 2. The van der Waals surface area contributed by atoms with Crippen LogP contribution in [0.1, 0.15) is 52.4 Å². The lowest BCUT2D eigenvalue weighted by atomic mass is 10.1. The molecule has 0 radical (unpaired) electrons. The first-order valence-corrected chi connectivity index (χ1v) is 11.5. The molecule has 0 saturated heterocycles. The van der Waals surface area contributed by atoms with Crippen molar-refractivity contribution in [3.8, 4) is 0 Å². The SMILES string of the molecule is CC=C(C)[SiH2]CCCCCCCC[SiH2]C(Cl)Cl. The predicted molar refractivity (Wildman–Crippen MR) is 89.3 cm³/mol. The van der Waals surface area contributed by atoms with Gasteiger partial charge in [-0.15, -0.1) is 23.2 Å². The van der Waals surface area contributed by atoms with E-state index in [0.717, 1.165) is 0 Å². The van der Waals surface area contributed by atoms with Crippen molar-refractivity contribution in [3.63, 3.8) is 0 Å². The van der Waals surface area contributed by atoms with Crippen LogP contribution in [0.15, 0.2) is 11.3 Å². The fourth-order valence-electron chi connectivity index (χ4n) is 1.91. The molecule has 0 nitrogen and oxygen atoms in total. The highest BCUT2D eigenvalue weighted by Crippen LogP contribution is 2.11. The molecular weight excluding hydrogens is 283 g/mol. The maximum Gasteiger partial charge on any atom is 0.0908 e. The number of hydrogen-bond acceptors (Lipinski definition) is 0. The number of rotatable bonds is 11. The average Bonchev–Trinajstić information content (AvgIpc) is 2.30. The molecule has 17 heavy (non-hydrogen) atoms. The normalized spacial score (nSPS) is 13.8. The zero-order valence-electron chi connectivity index (χ0n) is 11.5. The van der Waals surface area contributed by atoms with Crippen molar-refractivity contribution in [1.82, 2.24) is 0 Å². The summed E-state index contributed by atoms with van der Waals surface area (Å²) in [5.41, 5.74) is 0. The molecule has 0 aliphatic rings. The molecule has 0 amide bonds. The van der Waals surface area contributed by atoms with Gasteiger partial charge >= 0.3 is 0 Å². The molecule has 102 valence electrons. The Morgan fingerprint density at radius 1 is 1.00 bits per heavy atom. The summed E-state index contributed by atoms with van der Waals surface area (Å²) in [7, 11) is -0.0669. The van der Waals surface area contributed by atoms with Crippen LogP contribution in [0.3, 0.4) is 0 Å². The molecule has 0 bridgehead atoms. The minimum absolute atomic E-state index is 0.0187.